The molecule has 23 heavy (non-hydrogen) atoms. The number of carbonyl (C=O) groups is 1. The third-order valence-corrected chi connectivity index (χ3v) is 3.23. The molecule has 0 amide bonds. The molecule has 1 aromatic heterocycles. The topological polar surface area (TPSA) is 70.0 Å². The number of cyclic esters (lactones) is 1. The van der Waals surface area contributed by atoms with E-state index >= 15 is 0 Å². The number of rotatable bonds is 4. The Morgan fingerprint density at radius 3 is 2.70 bits per heavy atom. The Bertz CT molecular complexity index is 797. The summed E-state index contributed by atoms with van der Waals surface area (Å²) in [4.78, 5) is 20.3. The summed E-state index contributed by atoms with van der Waals surface area (Å²) in [6.45, 7) is 0. The molecule has 0 bridgehead atoms. The van der Waals surface area contributed by atoms with Crippen LogP contribution in [0.4, 0.5) is 0 Å². The van der Waals surface area contributed by atoms with E-state index < -0.39 is 5.97 Å². The van der Waals surface area contributed by atoms with Crippen molar-refractivity contribution >= 4 is 17.9 Å². The predicted molar refractivity (Wildman–Crippen MR) is 84.4 cm³/mol. The fraction of sp³-hybridized carbons (Fsp3) is 0.118. The minimum atomic E-state index is -0.532. The Hall–Kier alpha value is -3.15. The standard InChI is InChI=1S/C17H14N2O4/c1-21-12-6-7-15(22-2)11(9-12)10-14-17(20)23-16(19-14)13-5-3-4-8-18-13/h3-10H,1-2H3/b14-10-. The fourth-order valence-electron chi connectivity index (χ4n) is 2.11. The summed E-state index contributed by atoms with van der Waals surface area (Å²) in [6, 6.07) is 10.6. The maximum atomic E-state index is 12.0. The van der Waals surface area contributed by atoms with Gasteiger partial charge in [0.15, 0.2) is 5.70 Å². The van der Waals surface area contributed by atoms with Gasteiger partial charge in [-0.05, 0) is 36.4 Å². The highest BCUT2D eigenvalue weighted by Crippen LogP contribution is 2.28. The monoisotopic (exact) mass is 310 g/mol. The highest BCUT2D eigenvalue weighted by atomic mass is 16.6. The fourth-order valence-corrected chi connectivity index (χ4v) is 2.11. The van der Waals surface area contributed by atoms with Gasteiger partial charge in [-0.15, -0.1) is 0 Å². The number of carbonyl (C=O) groups excluding carboxylic acids is 1. The lowest BCUT2D eigenvalue weighted by atomic mass is 10.1. The molecule has 6 nitrogen and oxygen atoms in total. The van der Waals surface area contributed by atoms with Gasteiger partial charge in [0.05, 0.1) is 14.2 Å². The maximum Gasteiger partial charge on any atom is 0.363 e. The molecule has 0 radical (unpaired) electrons. The van der Waals surface area contributed by atoms with E-state index in [-0.39, 0.29) is 11.6 Å². The number of hydrogen-bond donors (Lipinski definition) is 0. The molecule has 3 rings (SSSR count). The van der Waals surface area contributed by atoms with E-state index in [1.807, 2.05) is 0 Å². The molecule has 1 aliphatic rings. The lowest BCUT2D eigenvalue weighted by molar-refractivity contribution is -0.129. The van der Waals surface area contributed by atoms with Gasteiger partial charge in [0.2, 0.25) is 5.90 Å². The van der Waals surface area contributed by atoms with Crippen molar-refractivity contribution < 1.29 is 19.0 Å². The summed E-state index contributed by atoms with van der Waals surface area (Å²) >= 11 is 0. The predicted octanol–water partition coefficient (Wildman–Crippen LogP) is 2.44. The third-order valence-electron chi connectivity index (χ3n) is 3.23. The smallest absolute Gasteiger partial charge is 0.363 e. The van der Waals surface area contributed by atoms with Crippen LogP contribution in [0.2, 0.25) is 0 Å². The average molecular weight is 310 g/mol. The number of hydrogen-bond acceptors (Lipinski definition) is 6. The molecule has 0 atom stereocenters. The van der Waals surface area contributed by atoms with Gasteiger partial charge in [-0.2, -0.15) is 0 Å². The maximum absolute atomic E-state index is 12.0. The first-order valence-electron chi connectivity index (χ1n) is 6.87. The normalized spacial score (nSPS) is 15.3. The Morgan fingerprint density at radius 1 is 1.13 bits per heavy atom. The molecule has 0 saturated carbocycles. The number of aromatic nitrogens is 1. The summed E-state index contributed by atoms with van der Waals surface area (Å²) in [6.07, 6.45) is 3.21. The second-order valence-electron chi connectivity index (χ2n) is 4.66. The molecule has 0 spiro atoms. The zero-order chi connectivity index (χ0) is 16.2. The number of nitrogens with zero attached hydrogens (tertiary/aromatic N) is 2. The van der Waals surface area contributed by atoms with Crippen molar-refractivity contribution in [2.45, 2.75) is 0 Å². The molecule has 0 fully saturated rings. The Kier molecular flexibility index (Phi) is 4.05. The first-order chi connectivity index (χ1) is 11.2. The average Bonchev–Trinajstić information content (AvgIpc) is 2.96. The van der Waals surface area contributed by atoms with E-state index in [1.165, 1.54) is 0 Å². The summed E-state index contributed by atoms with van der Waals surface area (Å²) in [7, 11) is 3.12. The lowest BCUT2D eigenvalue weighted by Crippen LogP contribution is -2.06. The molecular weight excluding hydrogens is 296 g/mol. The Balaban J connectivity index is 1.99. The highest BCUT2D eigenvalue weighted by molar-refractivity contribution is 6.12. The number of esters is 1. The van der Waals surface area contributed by atoms with E-state index in [0.717, 1.165) is 0 Å². The second-order valence-corrected chi connectivity index (χ2v) is 4.66. The number of pyridine rings is 1. The van der Waals surface area contributed by atoms with E-state index in [2.05, 4.69) is 9.98 Å². The van der Waals surface area contributed by atoms with Gasteiger partial charge in [0.1, 0.15) is 17.2 Å². The molecule has 6 heteroatoms. The molecule has 1 aliphatic heterocycles. The molecule has 2 aromatic rings. The largest absolute Gasteiger partial charge is 0.497 e. The van der Waals surface area contributed by atoms with Crippen LogP contribution in [0, 0.1) is 0 Å². The van der Waals surface area contributed by atoms with Crippen LogP contribution >= 0.6 is 0 Å². The van der Waals surface area contributed by atoms with E-state index in [4.69, 9.17) is 14.2 Å². The van der Waals surface area contributed by atoms with Crippen LogP contribution in [0.3, 0.4) is 0 Å². The van der Waals surface area contributed by atoms with Crippen molar-refractivity contribution in [1.29, 1.82) is 0 Å². The van der Waals surface area contributed by atoms with Gasteiger partial charge in [-0.25, -0.2) is 9.79 Å². The molecule has 2 heterocycles. The van der Waals surface area contributed by atoms with Gasteiger partial charge < -0.3 is 14.2 Å². The van der Waals surface area contributed by atoms with Crippen LogP contribution in [-0.2, 0) is 9.53 Å². The molecule has 1 aromatic carbocycles. The Labute approximate surface area is 133 Å². The number of aliphatic imine (C=N–C) groups is 1. The van der Waals surface area contributed by atoms with Crippen LogP contribution in [-0.4, -0.2) is 31.1 Å². The SMILES string of the molecule is COc1ccc(OC)c(/C=C2\N=C(c3ccccn3)OC2=O)c1. The minimum absolute atomic E-state index is 0.178. The van der Waals surface area contributed by atoms with Crippen molar-refractivity contribution in [2.24, 2.45) is 4.99 Å². The second kappa shape index (κ2) is 6.31. The van der Waals surface area contributed by atoms with Crippen molar-refractivity contribution in [1.82, 2.24) is 4.98 Å². The Morgan fingerprint density at radius 2 is 2.00 bits per heavy atom. The van der Waals surface area contributed by atoms with Crippen LogP contribution in [0.1, 0.15) is 11.3 Å². The summed E-state index contributed by atoms with van der Waals surface area (Å²) in [5, 5.41) is 0. The van der Waals surface area contributed by atoms with E-state index in [1.54, 1.807) is 62.9 Å². The zero-order valence-electron chi connectivity index (χ0n) is 12.6. The van der Waals surface area contributed by atoms with Crippen LogP contribution in [0.5, 0.6) is 11.5 Å². The van der Waals surface area contributed by atoms with Gasteiger partial charge in [0.25, 0.3) is 0 Å². The van der Waals surface area contributed by atoms with Crippen LogP contribution in [0.25, 0.3) is 6.08 Å². The molecule has 0 N–H and O–H groups in total. The van der Waals surface area contributed by atoms with E-state index in [0.29, 0.717) is 22.8 Å². The number of methoxy groups -OCH3 is 2. The summed E-state index contributed by atoms with van der Waals surface area (Å²) in [5.74, 6) is 0.907. The van der Waals surface area contributed by atoms with Crippen molar-refractivity contribution in [3.63, 3.8) is 0 Å². The third kappa shape index (κ3) is 3.06. The van der Waals surface area contributed by atoms with Crippen molar-refractivity contribution in [2.75, 3.05) is 14.2 Å². The van der Waals surface area contributed by atoms with Gasteiger partial charge in [0, 0.05) is 11.8 Å². The lowest BCUT2D eigenvalue weighted by Gasteiger charge is -2.07. The van der Waals surface area contributed by atoms with Crippen LogP contribution in [0.15, 0.2) is 53.3 Å². The van der Waals surface area contributed by atoms with Gasteiger partial charge >= 0.3 is 5.97 Å². The van der Waals surface area contributed by atoms with Crippen molar-refractivity contribution in [3.8, 4) is 11.5 Å². The summed E-state index contributed by atoms with van der Waals surface area (Å²) in [5.41, 5.74) is 1.35. The first-order valence-corrected chi connectivity index (χ1v) is 6.87. The number of ether oxygens (including phenoxy) is 3. The van der Waals surface area contributed by atoms with Gasteiger partial charge in [-0.3, -0.25) is 4.98 Å². The molecule has 0 saturated heterocycles. The molecule has 0 aliphatic carbocycles. The molecule has 0 unspecified atom stereocenters. The van der Waals surface area contributed by atoms with Crippen molar-refractivity contribution in [3.05, 3.63) is 59.5 Å². The minimum Gasteiger partial charge on any atom is -0.497 e. The van der Waals surface area contributed by atoms with Crippen LogP contribution < -0.4 is 9.47 Å². The van der Waals surface area contributed by atoms with Gasteiger partial charge in [-0.1, -0.05) is 6.07 Å². The quantitative estimate of drug-likeness (QED) is 0.641. The first kappa shape index (κ1) is 14.8. The summed E-state index contributed by atoms with van der Waals surface area (Å²) < 4.78 is 15.6. The number of benzene rings is 1. The zero-order valence-corrected chi connectivity index (χ0v) is 12.6. The molecular formula is C17H14N2O4. The van der Waals surface area contributed by atoms with E-state index in [9.17, 15) is 4.79 Å². The highest BCUT2D eigenvalue weighted by Gasteiger charge is 2.25. The molecule has 116 valence electrons.